The first kappa shape index (κ1) is 20.7. The number of aromatic nitrogens is 1. The largest absolute Gasteiger partial charge is 0.459 e. The summed E-state index contributed by atoms with van der Waals surface area (Å²) in [5.41, 5.74) is 3.10. The summed E-state index contributed by atoms with van der Waals surface area (Å²) in [5.74, 6) is 1.19. The van der Waals surface area contributed by atoms with E-state index in [-0.39, 0.29) is 17.9 Å². The van der Waals surface area contributed by atoms with Crippen molar-refractivity contribution in [3.63, 3.8) is 0 Å². The number of nitrogens with one attached hydrogen (secondary N) is 1. The molecule has 2 aromatic carbocycles. The molecule has 1 aliphatic heterocycles. The van der Waals surface area contributed by atoms with Crippen LogP contribution < -0.4 is 10.2 Å². The van der Waals surface area contributed by atoms with Crippen molar-refractivity contribution in [2.75, 3.05) is 4.90 Å². The summed E-state index contributed by atoms with van der Waals surface area (Å²) in [4.78, 5) is 6.50. The Labute approximate surface area is 195 Å². The van der Waals surface area contributed by atoms with Crippen LogP contribution in [0.15, 0.2) is 83.4 Å². The van der Waals surface area contributed by atoms with Crippen LogP contribution in [0.2, 0.25) is 5.02 Å². The molecule has 0 bridgehead atoms. The topological polar surface area (TPSA) is 41.3 Å². The number of thiocarbonyl (C=S) groups is 1. The lowest BCUT2D eigenvalue weighted by molar-refractivity contribution is 0.439. The lowest BCUT2D eigenvalue weighted by atomic mass is 10.0. The molecule has 1 N–H and O–H groups in total. The molecule has 4 aromatic rings. The number of anilines is 1. The minimum Gasteiger partial charge on any atom is -0.459 e. The number of benzene rings is 2. The average Bonchev–Trinajstić information content (AvgIpc) is 3.41. The van der Waals surface area contributed by atoms with Gasteiger partial charge in [-0.05, 0) is 91.4 Å². The zero-order chi connectivity index (χ0) is 22.2. The number of hydrogen-bond donors (Lipinski definition) is 1. The molecule has 1 fully saturated rings. The highest BCUT2D eigenvalue weighted by molar-refractivity contribution is 7.80. The second-order valence-electron chi connectivity index (χ2n) is 7.64. The average molecular weight is 464 g/mol. The van der Waals surface area contributed by atoms with E-state index in [1.165, 1.54) is 6.07 Å². The summed E-state index contributed by atoms with van der Waals surface area (Å²) in [6.07, 6.45) is 1.75. The van der Waals surface area contributed by atoms with Crippen molar-refractivity contribution in [3.8, 4) is 11.3 Å². The SMILES string of the molecule is Cc1cc(N2C(=S)NC(c3ccccn3)C2c2ccc(-c3ccc(Cl)cc3)o2)ccc1F. The fourth-order valence-electron chi connectivity index (χ4n) is 3.98. The van der Waals surface area contributed by atoms with Crippen molar-refractivity contribution in [2.24, 2.45) is 0 Å². The fourth-order valence-corrected chi connectivity index (χ4v) is 4.45. The molecular weight excluding hydrogens is 445 g/mol. The van der Waals surface area contributed by atoms with Crippen molar-refractivity contribution in [1.29, 1.82) is 0 Å². The van der Waals surface area contributed by atoms with E-state index in [9.17, 15) is 4.39 Å². The maximum atomic E-state index is 14.0. The summed E-state index contributed by atoms with van der Waals surface area (Å²) in [6.45, 7) is 1.74. The smallest absolute Gasteiger partial charge is 0.174 e. The Balaban J connectivity index is 1.60. The highest BCUT2D eigenvalue weighted by Gasteiger charge is 2.42. The summed E-state index contributed by atoms with van der Waals surface area (Å²) in [5, 5.41) is 4.58. The summed E-state index contributed by atoms with van der Waals surface area (Å²) < 4.78 is 20.3. The van der Waals surface area contributed by atoms with Gasteiger partial charge in [0.15, 0.2) is 5.11 Å². The van der Waals surface area contributed by atoms with Gasteiger partial charge in [-0.25, -0.2) is 4.39 Å². The number of rotatable bonds is 4. The van der Waals surface area contributed by atoms with Gasteiger partial charge in [0.05, 0.1) is 11.7 Å². The standard InChI is InChI=1S/C25H19ClFN3OS/c1-15-14-18(9-10-19(15)27)30-24(23(29-25(30)32)20-4-2-3-13-28-20)22-12-11-21(31-22)16-5-7-17(26)8-6-16/h2-14,23-24H,1H3,(H,29,32). The number of halogens is 2. The lowest BCUT2D eigenvalue weighted by Crippen LogP contribution is -2.29. The van der Waals surface area contributed by atoms with E-state index in [0.29, 0.717) is 15.7 Å². The van der Waals surface area contributed by atoms with Crippen LogP contribution in [0, 0.1) is 12.7 Å². The number of hydrogen-bond acceptors (Lipinski definition) is 3. The Kier molecular flexibility index (Phi) is 5.41. The lowest BCUT2D eigenvalue weighted by Gasteiger charge is -2.26. The minimum absolute atomic E-state index is 0.238. The normalized spacial score (nSPS) is 18.1. The van der Waals surface area contributed by atoms with Crippen molar-refractivity contribution in [1.82, 2.24) is 10.3 Å². The molecule has 1 saturated heterocycles. The van der Waals surface area contributed by atoms with E-state index in [1.807, 2.05) is 59.5 Å². The first-order valence-electron chi connectivity index (χ1n) is 10.1. The molecule has 2 aromatic heterocycles. The molecule has 0 amide bonds. The third kappa shape index (κ3) is 3.76. The zero-order valence-corrected chi connectivity index (χ0v) is 18.7. The van der Waals surface area contributed by atoms with Gasteiger partial charge in [-0.15, -0.1) is 0 Å². The molecular formula is C25H19ClFN3OS. The molecule has 3 heterocycles. The molecule has 0 radical (unpaired) electrons. The van der Waals surface area contributed by atoms with Crippen LogP contribution in [0.5, 0.6) is 0 Å². The summed E-state index contributed by atoms with van der Waals surface area (Å²) in [6, 6.07) is 21.6. The maximum Gasteiger partial charge on any atom is 0.174 e. The Bertz CT molecular complexity index is 1280. The molecule has 0 saturated carbocycles. The van der Waals surface area contributed by atoms with Gasteiger partial charge in [0.25, 0.3) is 0 Å². The molecule has 0 aliphatic carbocycles. The maximum absolute atomic E-state index is 14.0. The monoisotopic (exact) mass is 463 g/mol. The predicted molar refractivity (Wildman–Crippen MR) is 128 cm³/mol. The zero-order valence-electron chi connectivity index (χ0n) is 17.1. The molecule has 0 spiro atoms. The van der Waals surface area contributed by atoms with Crippen LogP contribution in [-0.4, -0.2) is 10.1 Å². The second-order valence-corrected chi connectivity index (χ2v) is 8.46. The van der Waals surface area contributed by atoms with E-state index < -0.39 is 0 Å². The first-order chi connectivity index (χ1) is 15.5. The summed E-state index contributed by atoms with van der Waals surface area (Å²) >= 11 is 11.7. The van der Waals surface area contributed by atoms with E-state index in [2.05, 4.69) is 10.3 Å². The van der Waals surface area contributed by atoms with Gasteiger partial charge in [0, 0.05) is 22.5 Å². The molecule has 5 rings (SSSR count). The highest BCUT2D eigenvalue weighted by atomic mass is 35.5. The van der Waals surface area contributed by atoms with Crippen LogP contribution in [0.1, 0.15) is 29.1 Å². The molecule has 160 valence electrons. The molecule has 7 heteroatoms. The van der Waals surface area contributed by atoms with Crippen LogP contribution >= 0.6 is 23.8 Å². The van der Waals surface area contributed by atoms with Gasteiger partial charge in [-0.2, -0.15) is 0 Å². The second kappa shape index (κ2) is 8.37. The fraction of sp³-hybridized carbons (Fsp3) is 0.120. The molecule has 1 aliphatic rings. The van der Waals surface area contributed by atoms with Crippen LogP contribution in [0.3, 0.4) is 0 Å². The number of aryl methyl sites for hydroxylation is 1. The van der Waals surface area contributed by atoms with E-state index >= 15 is 0 Å². The van der Waals surface area contributed by atoms with Gasteiger partial charge >= 0.3 is 0 Å². The molecule has 2 atom stereocenters. The van der Waals surface area contributed by atoms with E-state index in [4.69, 9.17) is 28.2 Å². The molecule has 32 heavy (non-hydrogen) atoms. The van der Waals surface area contributed by atoms with Crippen LogP contribution in [0.4, 0.5) is 10.1 Å². The van der Waals surface area contributed by atoms with Gasteiger partial charge < -0.3 is 14.6 Å². The van der Waals surface area contributed by atoms with Crippen molar-refractivity contribution in [2.45, 2.75) is 19.0 Å². The molecule has 4 nitrogen and oxygen atoms in total. The number of pyridine rings is 1. The first-order valence-corrected chi connectivity index (χ1v) is 10.9. The van der Waals surface area contributed by atoms with Gasteiger partial charge in [0.2, 0.25) is 0 Å². The van der Waals surface area contributed by atoms with Gasteiger partial charge in [-0.3, -0.25) is 4.98 Å². The summed E-state index contributed by atoms with van der Waals surface area (Å²) in [7, 11) is 0. The Morgan fingerprint density at radius 2 is 1.88 bits per heavy atom. The Morgan fingerprint density at radius 3 is 2.59 bits per heavy atom. The van der Waals surface area contributed by atoms with E-state index in [0.717, 1.165) is 28.5 Å². The predicted octanol–water partition coefficient (Wildman–Crippen LogP) is 6.62. The van der Waals surface area contributed by atoms with E-state index in [1.54, 1.807) is 25.3 Å². The Morgan fingerprint density at radius 1 is 1.06 bits per heavy atom. The third-order valence-electron chi connectivity index (χ3n) is 5.56. The highest BCUT2D eigenvalue weighted by Crippen LogP contribution is 2.43. The van der Waals surface area contributed by atoms with Crippen molar-refractivity contribution in [3.05, 3.63) is 107 Å². The number of nitrogens with zero attached hydrogens (tertiary/aromatic N) is 2. The van der Waals surface area contributed by atoms with Crippen molar-refractivity contribution >= 4 is 34.6 Å². The van der Waals surface area contributed by atoms with Crippen molar-refractivity contribution < 1.29 is 8.81 Å². The van der Waals surface area contributed by atoms with Gasteiger partial charge in [0.1, 0.15) is 23.4 Å². The quantitative estimate of drug-likeness (QED) is 0.344. The number of furan rings is 1. The minimum atomic E-state index is -0.302. The Hall–Kier alpha value is -3.22. The van der Waals surface area contributed by atoms with Crippen LogP contribution in [0.25, 0.3) is 11.3 Å². The van der Waals surface area contributed by atoms with Crippen LogP contribution in [-0.2, 0) is 0 Å². The van der Waals surface area contributed by atoms with Gasteiger partial charge in [-0.1, -0.05) is 17.7 Å². The molecule has 2 unspecified atom stereocenters. The third-order valence-corrected chi connectivity index (χ3v) is 6.13.